The number of allylic oxidation sites excluding steroid dienone is 1. The number of nitrogens with zero attached hydrogens (tertiary/aromatic N) is 8. The summed E-state index contributed by atoms with van der Waals surface area (Å²) in [6.45, 7) is 9.67. The molecule has 2 atom stereocenters. The molecule has 0 aliphatic carbocycles. The fourth-order valence-corrected chi connectivity index (χ4v) is 7.87. The van der Waals surface area contributed by atoms with Crippen molar-refractivity contribution in [3.63, 3.8) is 0 Å². The minimum atomic E-state index is -1.17. The SMILES string of the molecule is CCCCC(=O)N(Cc1ccc(-c2ccccc2-c2n[nH][n+](CC(C)C(C(=O)O)N(Cc3ccc(-c4ccccc4-c4nn[nH]n4)cc3)C(=O)CCCC)n2)cc1)C(=C([O-])O)C(C)C. The van der Waals surface area contributed by atoms with E-state index in [0.29, 0.717) is 24.5 Å². The standard InChI is InChI=1S/C48H56N10O6/c1-6-8-18-41(59)56(43(31(3)4)47(61)62)29-33-20-26-36(27-21-33)38-15-11-13-17-40(38)46-51-55-58(52-46)28-32(5)44(48(63)64)57(42(60)19-9-7-2)30-34-22-24-35(25-23-34)37-14-10-12-16-39(37)45-49-53-54-50-45/h10-17,20-27,31-32,44H,6-9,18-19,28-30H2,1-5H3,(H4,49,50,53,54,61,62,63,64). The minimum Gasteiger partial charge on any atom is -0.628 e. The van der Waals surface area contributed by atoms with Crippen LogP contribution < -0.4 is 9.90 Å². The van der Waals surface area contributed by atoms with Crippen LogP contribution in [0.5, 0.6) is 0 Å². The smallest absolute Gasteiger partial charge is 0.339 e. The number of unbranched alkanes of at least 4 members (excludes halogenated alkanes) is 2. The number of benzene rings is 4. The number of amides is 2. The van der Waals surface area contributed by atoms with E-state index in [9.17, 15) is 29.7 Å². The van der Waals surface area contributed by atoms with Crippen molar-refractivity contribution in [2.45, 2.75) is 98.8 Å². The van der Waals surface area contributed by atoms with E-state index in [0.717, 1.165) is 57.3 Å². The van der Waals surface area contributed by atoms with Crippen molar-refractivity contribution in [3.8, 4) is 45.0 Å². The molecule has 2 aromatic heterocycles. The maximum Gasteiger partial charge on any atom is 0.339 e. The number of rotatable bonds is 21. The van der Waals surface area contributed by atoms with Crippen molar-refractivity contribution in [2.75, 3.05) is 0 Å². The van der Waals surface area contributed by atoms with Crippen LogP contribution in [0.25, 0.3) is 45.0 Å². The third-order valence-electron chi connectivity index (χ3n) is 11.1. The molecule has 0 bridgehead atoms. The lowest BCUT2D eigenvalue weighted by atomic mass is 9.97. The van der Waals surface area contributed by atoms with Crippen molar-refractivity contribution < 1.29 is 34.5 Å². The zero-order chi connectivity index (χ0) is 45.8. The Bertz CT molecular complexity index is 2510. The molecule has 0 fully saturated rings. The molecule has 0 saturated heterocycles. The third-order valence-corrected chi connectivity index (χ3v) is 11.1. The first-order chi connectivity index (χ1) is 30.9. The minimum absolute atomic E-state index is 0.0691. The van der Waals surface area contributed by atoms with Crippen LogP contribution in [0.4, 0.5) is 0 Å². The van der Waals surface area contributed by atoms with E-state index in [2.05, 4.69) is 30.9 Å². The fourth-order valence-electron chi connectivity index (χ4n) is 7.87. The summed E-state index contributed by atoms with van der Waals surface area (Å²) < 4.78 is 0. The van der Waals surface area contributed by atoms with E-state index in [1.165, 1.54) is 14.6 Å². The Morgan fingerprint density at radius 2 is 1.23 bits per heavy atom. The first kappa shape index (κ1) is 46.3. The number of hydrogen-bond acceptors (Lipinski definition) is 10. The van der Waals surface area contributed by atoms with Gasteiger partial charge in [-0.25, -0.2) is 4.79 Å². The normalized spacial score (nSPS) is 12.7. The molecule has 2 unspecified atom stereocenters. The van der Waals surface area contributed by atoms with Gasteiger partial charge in [0.2, 0.25) is 17.6 Å². The Balaban J connectivity index is 1.20. The molecule has 0 radical (unpaired) electrons. The van der Waals surface area contributed by atoms with Crippen molar-refractivity contribution in [3.05, 3.63) is 120 Å². The molecule has 334 valence electrons. The topological polar surface area (TPSA) is 221 Å². The Morgan fingerprint density at radius 1 is 0.703 bits per heavy atom. The van der Waals surface area contributed by atoms with Crippen LogP contribution in [0.3, 0.4) is 0 Å². The van der Waals surface area contributed by atoms with Gasteiger partial charge < -0.3 is 25.1 Å². The van der Waals surface area contributed by atoms with Crippen molar-refractivity contribution >= 4 is 17.8 Å². The molecule has 6 aromatic rings. The number of aliphatic hydroxyl groups is 1. The van der Waals surface area contributed by atoms with E-state index in [4.69, 9.17) is 5.10 Å². The van der Waals surface area contributed by atoms with Gasteiger partial charge in [0.05, 0.1) is 23.2 Å². The summed E-state index contributed by atoms with van der Waals surface area (Å²) >= 11 is 0. The lowest BCUT2D eigenvalue weighted by Crippen LogP contribution is -2.53. The van der Waals surface area contributed by atoms with Crippen LogP contribution in [0.15, 0.2) is 109 Å². The summed E-state index contributed by atoms with van der Waals surface area (Å²) in [7, 11) is 0. The number of aliphatic carboxylic acids is 1. The van der Waals surface area contributed by atoms with Crippen LogP contribution in [-0.4, -0.2) is 79.9 Å². The van der Waals surface area contributed by atoms with Gasteiger partial charge in [0.25, 0.3) is 0 Å². The van der Waals surface area contributed by atoms with Gasteiger partial charge in [0, 0.05) is 36.6 Å². The number of aliphatic hydroxyl groups excluding tert-OH is 1. The first-order valence-corrected chi connectivity index (χ1v) is 21.8. The monoisotopic (exact) mass is 868 g/mol. The highest BCUT2D eigenvalue weighted by atomic mass is 16.5. The second-order valence-corrected chi connectivity index (χ2v) is 16.3. The lowest BCUT2D eigenvalue weighted by molar-refractivity contribution is -0.809. The highest BCUT2D eigenvalue weighted by Gasteiger charge is 2.36. The molecular formula is C48H56N10O6. The maximum atomic E-state index is 13.8. The average molecular weight is 869 g/mol. The molecular weight excluding hydrogens is 813 g/mol. The average Bonchev–Trinajstić information content (AvgIpc) is 4.00. The fraction of sp³-hybridized carbons (Fsp3) is 0.354. The summed E-state index contributed by atoms with van der Waals surface area (Å²) in [5, 5.41) is 59.6. The van der Waals surface area contributed by atoms with Gasteiger partial charge in [-0.05, 0) is 73.7 Å². The number of aromatic nitrogens is 8. The predicted molar refractivity (Wildman–Crippen MR) is 238 cm³/mol. The van der Waals surface area contributed by atoms with Gasteiger partial charge in [0.1, 0.15) is 12.6 Å². The molecule has 2 heterocycles. The van der Waals surface area contributed by atoms with E-state index >= 15 is 0 Å². The number of carbonyl (C=O) groups is 3. The first-order valence-electron chi connectivity index (χ1n) is 21.8. The third kappa shape index (κ3) is 11.2. The molecule has 0 aliphatic heterocycles. The number of nitrogens with one attached hydrogen (secondary N) is 2. The summed E-state index contributed by atoms with van der Waals surface area (Å²) in [5.41, 5.74) is 6.66. The van der Waals surface area contributed by atoms with Gasteiger partial charge >= 0.3 is 11.8 Å². The Morgan fingerprint density at radius 3 is 1.73 bits per heavy atom. The number of carbonyl (C=O) groups excluding carboxylic acids is 2. The predicted octanol–water partition coefficient (Wildman–Crippen LogP) is 6.84. The van der Waals surface area contributed by atoms with E-state index in [1.54, 1.807) is 20.8 Å². The van der Waals surface area contributed by atoms with Crippen LogP contribution >= 0.6 is 0 Å². The van der Waals surface area contributed by atoms with Crippen LogP contribution in [-0.2, 0) is 34.0 Å². The molecule has 6 rings (SSSR count). The number of tetrazole rings is 2. The zero-order valence-electron chi connectivity index (χ0n) is 36.9. The number of hydrogen-bond donors (Lipinski definition) is 4. The van der Waals surface area contributed by atoms with Crippen LogP contribution in [0.1, 0.15) is 84.3 Å². The summed E-state index contributed by atoms with van der Waals surface area (Å²) in [4.78, 5) is 44.5. The van der Waals surface area contributed by atoms with Gasteiger partial charge in [0.15, 0.2) is 0 Å². The molecule has 0 spiro atoms. The zero-order valence-corrected chi connectivity index (χ0v) is 36.9. The van der Waals surface area contributed by atoms with Crippen molar-refractivity contribution in [2.24, 2.45) is 11.8 Å². The molecule has 0 saturated carbocycles. The lowest BCUT2D eigenvalue weighted by Gasteiger charge is -2.32. The molecule has 4 N–H and O–H groups in total. The molecule has 16 nitrogen and oxygen atoms in total. The summed E-state index contributed by atoms with van der Waals surface area (Å²) in [6, 6.07) is 29.5. The molecule has 16 heteroatoms. The molecule has 0 aliphatic rings. The molecule has 64 heavy (non-hydrogen) atoms. The van der Waals surface area contributed by atoms with Gasteiger partial charge in [-0.1, -0.05) is 143 Å². The highest BCUT2D eigenvalue weighted by molar-refractivity contribution is 5.84. The summed E-state index contributed by atoms with van der Waals surface area (Å²) in [5.74, 6) is -2.77. The van der Waals surface area contributed by atoms with E-state index in [1.807, 2.05) is 111 Å². The van der Waals surface area contributed by atoms with Gasteiger partial charge in [-0.2, -0.15) is 5.21 Å². The van der Waals surface area contributed by atoms with Crippen molar-refractivity contribution in [1.29, 1.82) is 0 Å². The number of carboxylic acid groups (broad SMARTS) is 1. The highest BCUT2D eigenvalue weighted by Crippen LogP contribution is 2.32. The van der Waals surface area contributed by atoms with Gasteiger partial charge in [-0.3, -0.25) is 9.59 Å². The quantitative estimate of drug-likeness (QED) is 0.0433. The summed E-state index contributed by atoms with van der Waals surface area (Å²) in [6.07, 6.45) is 3.39. The van der Waals surface area contributed by atoms with E-state index in [-0.39, 0.29) is 55.9 Å². The Kier molecular flexibility index (Phi) is 15.7. The number of carboxylic acids is 1. The van der Waals surface area contributed by atoms with Gasteiger partial charge in [-0.15, -0.1) is 10.2 Å². The maximum absolute atomic E-state index is 13.8. The van der Waals surface area contributed by atoms with Crippen LogP contribution in [0, 0.1) is 11.8 Å². The Labute approximate surface area is 372 Å². The van der Waals surface area contributed by atoms with E-state index < -0.39 is 23.9 Å². The second kappa shape index (κ2) is 21.7. The van der Waals surface area contributed by atoms with Crippen LogP contribution in [0.2, 0.25) is 0 Å². The Hall–Kier alpha value is -7.23. The number of aromatic amines is 2. The van der Waals surface area contributed by atoms with Crippen molar-refractivity contribution in [1.82, 2.24) is 45.8 Å². The molecule has 2 amide bonds. The second-order valence-electron chi connectivity index (χ2n) is 16.3. The molecule has 4 aromatic carbocycles. The largest absolute Gasteiger partial charge is 0.628 e. The number of H-pyrrole nitrogens is 2.